The van der Waals surface area contributed by atoms with Gasteiger partial charge in [0.05, 0.1) is 10.2 Å². The van der Waals surface area contributed by atoms with E-state index in [2.05, 4.69) is 15.0 Å². The first-order chi connectivity index (χ1) is 12.7. The van der Waals surface area contributed by atoms with E-state index >= 15 is 0 Å². The number of nitrogens with two attached hydrogens (primary N) is 1. The molecular formula is C17H12F3N3O3S. The predicted molar refractivity (Wildman–Crippen MR) is 93.6 cm³/mol. The lowest BCUT2D eigenvalue weighted by molar-refractivity contribution is -0.274. The third kappa shape index (κ3) is 4.73. The van der Waals surface area contributed by atoms with Gasteiger partial charge in [0.25, 0.3) is 11.7 Å². The summed E-state index contributed by atoms with van der Waals surface area (Å²) in [5, 5.41) is 3.14. The van der Waals surface area contributed by atoms with Crippen molar-refractivity contribution in [2.45, 2.75) is 12.9 Å². The van der Waals surface area contributed by atoms with Crippen molar-refractivity contribution in [1.29, 1.82) is 0 Å². The molecule has 0 aliphatic carbocycles. The van der Waals surface area contributed by atoms with Crippen molar-refractivity contribution in [3.63, 3.8) is 0 Å². The van der Waals surface area contributed by atoms with Crippen LogP contribution in [0.15, 0.2) is 42.5 Å². The van der Waals surface area contributed by atoms with Crippen LogP contribution in [0.5, 0.6) is 5.75 Å². The number of thiazole rings is 1. The number of carbonyl (C=O) groups is 2. The topological polar surface area (TPSA) is 94.3 Å². The second kappa shape index (κ2) is 7.23. The Hall–Kier alpha value is -3.14. The van der Waals surface area contributed by atoms with Crippen LogP contribution >= 0.6 is 11.3 Å². The minimum absolute atomic E-state index is 0.0231. The SMILES string of the molecule is NC(=O)C(=O)c1nc2ccc(NCc3ccc(OC(F)(F)F)cc3)cc2s1. The lowest BCUT2D eigenvalue weighted by Gasteiger charge is -2.10. The standard InChI is InChI=1S/C17H12F3N3O3S/c18-17(19,20)26-11-4-1-9(2-5-11)8-22-10-3-6-12-13(7-10)27-16(23-12)14(24)15(21)25/h1-7,22H,8H2,(H2,21,25). The first-order valence-electron chi connectivity index (χ1n) is 7.54. The third-order valence-corrected chi connectivity index (χ3v) is 4.48. The molecule has 6 nitrogen and oxygen atoms in total. The Morgan fingerprint density at radius 2 is 1.85 bits per heavy atom. The summed E-state index contributed by atoms with van der Waals surface area (Å²) in [6.07, 6.45) is -4.72. The lowest BCUT2D eigenvalue weighted by Crippen LogP contribution is -2.22. The third-order valence-electron chi connectivity index (χ3n) is 3.46. The highest BCUT2D eigenvalue weighted by Crippen LogP contribution is 2.26. The van der Waals surface area contributed by atoms with Crippen molar-refractivity contribution < 1.29 is 27.5 Å². The quantitative estimate of drug-likeness (QED) is 0.492. The number of rotatable bonds is 6. The Morgan fingerprint density at radius 3 is 2.48 bits per heavy atom. The van der Waals surface area contributed by atoms with Crippen LogP contribution in [0.2, 0.25) is 0 Å². The van der Waals surface area contributed by atoms with E-state index in [0.29, 0.717) is 16.8 Å². The molecule has 0 fully saturated rings. The zero-order chi connectivity index (χ0) is 19.6. The van der Waals surface area contributed by atoms with Crippen LogP contribution in [-0.2, 0) is 11.3 Å². The van der Waals surface area contributed by atoms with Crippen molar-refractivity contribution in [3.8, 4) is 5.75 Å². The molecule has 0 unspecified atom stereocenters. The zero-order valence-electron chi connectivity index (χ0n) is 13.5. The van der Waals surface area contributed by atoms with Gasteiger partial charge in [-0.3, -0.25) is 9.59 Å². The zero-order valence-corrected chi connectivity index (χ0v) is 14.4. The minimum Gasteiger partial charge on any atom is -0.406 e. The number of nitrogens with zero attached hydrogens (tertiary/aromatic N) is 1. The molecule has 0 saturated carbocycles. The summed E-state index contributed by atoms with van der Waals surface area (Å²) in [7, 11) is 0. The molecule has 3 aromatic rings. The molecule has 0 radical (unpaired) electrons. The van der Waals surface area contributed by atoms with Crippen LogP contribution in [-0.4, -0.2) is 23.0 Å². The van der Waals surface area contributed by atoms with Gasteiger partial charge in [-0.15, -0.1) is 24.5 Å². The van der Waals surface area contributed by atoms with Gasteiger partial charge in [-0.2, -0.15) is 0 Å². The highest BCUT2D eigenvalue weighted by atomic mass is 32.1. The number of hydrogen-bond donors (Lipinski definition) is 2. The second-order valence-electron chi connectivity index (χ2n) is 5.44. The number of hydrogen-bond acceptors (Lipinski definition) is 6. The molecule has 0 atom stereocenters. The van der Waals surface area contributed by atoms with Crippen molar-refractivity contribution in [2.75, 3.05) is 5.32 Å². The Bertz CT molecular complexity index is 1000. The molecule has 0 bridgehead atoms. The predicted octanol–water partition coefficient (Wildman–Crippen LogP) is 3.48. The average Bonchev–Trinajstić information content (AvgIpc) is 3.02. The number of Topliss-reactive ketones (excluding diaryl/α,β-unsaturated/α-hetero) is 1. The molecule has 0 spiro atoms. The maximum atomic E-state index is 12.1. The van der Waals surface area contributed by atoms with E-state index in [1.807, 2.05) is 0 Å². The van der Waals surface area contributed by atoms with Crippen LogP contribution < -0.4 is 15.8 Å². The van der Waals surface area contributed by atoms with E-state index in [1.54, 1.807) is 18.2 Å². The summed E-state index contributed by atoms with van der Waals surface area (Å²) >= 11 is 1.05. The summed E-state index contributed by atoms with van der Waals surface area (Å²) < 4.78 is 41.0. The molecule has 0 aliphatic heterocycles. The molecular weight excluding hydrogens is 383 g/mol. The van der Waals surface area contributed by atoms with Gasteiger partial charge >= 0.3 is 6.36 Å². The lowest BCUT2D eigenvalue weighted by atomic mass is 10.2. The Labute approximate surface area is 154 Å². The van der Waals surface area contributed by atoms with E-state index in [0.717, 1.165) is 22.6 Å². The number of alkyl halides is 3. The minimum atomic E-state index is -4.72. The van der Waals surface area contributed by atoms with E-state index < -0.39 is 18.1 Å². The molecule has 3 N–H and O–H groups in total. The van der Waals surface area contributed by atoms with Crippen LogP contribution in [0.1, 0.15) is 15.4 Å². The summed E-state index contributed by atoms with van der Waals surface area (Å²) in [5.74, 6) is -2.19. The van der Waals surface area contributed by atoms with Crippen LogP contribution in [0, 0.1) is 0 Å². The Morgan fingerprint density at radius 1 is 1.15 bits per heavy atom. The smallest absolute Gasteiger partial charge is 0.406 e. The van der Waals surface area contributed by atoms with Crippen molar-refractivity contribution in [2.24, 2.45) is 5.73 Å². The van der Waals surface area contributed by atoms with Crippen molar-refractivity contribution in [1.82, 2.24) is 4.98 Å². The molecule has 1 amide bonds. The highest BCUT2D eigenvalue weighted by Gasteiger charge is 2.30. The number of aromatic nitrogens is 1. The fraction of sp³-hybridized carbons (Fsp3) is 0.118. The van der Waals surface area contributed by atoms with Gasteiger partial charge in [0.15, 0.2) is 5.01 Å². The van der Waals surface area contributed by atoms with E-state index in [1.165, 1.54) is 24.3 Å². The molecule has 140 valence electrons. The van der Waals surface area contributed by atoms with Crippen LogP contribution in [0.25, 0.3) is 10.2 Å². The number of anilines is 1. The molecule has 1 heterocycles. The molecule has 0 saturated heterocycles. The summed E-state index contributed by atoms with van der Waals surface area (Å²) in [6.45, 7) is 0.365. The number of amides is 1. The van der Waals surface area contributed by atoms with Gasteiger partial charge in [-0.25, -0.2) is 4.98 Å². The van der Waals surface area contributed by atoms with E-state index in [4.69, 9.17) is 5.73 Å². The number of benzene rings is 2. The number of nitrogens with one attached hydrogen (secondary N) is 1. The molecule has 27 heavy (non-hydrogen) atoms. The van der Waals surface area contributed by atoms with Crippen molar-refractivity contribution in [3.05, 3.63) is 53.0 Å². The van der Waals surface area contributed by atoms with Gasteiger partial charge in [-0.05, 0) is 35.9 Å². The first kappa shape index (κ1) is 18.6. The van der Waals surface area contributed by atoms with E-state index in [9.17, 15) is 22.8 Å². The summed E-state index contributed by atoms with van der Waals surface area (Å²) in [4.78, 5) is 26.6. The maximum Gasteiger partial charge on any atom is 0.573 e. The van der Waals surface area contributed by atoms with Crippen LogP contribution in [0.4, 0.5) is 18.9 Å². The highest BCUT2D eigenvalue weighted by molar-refractivity contribution is 7.21. The molecule has 2 aromatic carbocycles. The number of fused-ring (bicyclic) bond motifs is 1. The number of carbonyl (C=O) groups excluding carboxylic acids is 2. The average molecular weight is 395 g/mol. The number of ketones is 1. The number of halogens is 3. The van der Waals surface area contributed by atoms with Crippen molar-refractivity contribution >= 4 is 38.9 Å². The second-order valence-corrected chi connectivity index (χ2v) is 6.47. The van der Waals surface area contributed by atoms with Gasteiger partial charge in [0.1, 0.15) is 5.75 Å². The number of ether oxygens (including phenoxy) is 1. The van der Waals surface area contributed by atoms with Gasteiger partial charge in [0, 0.05) is 12.2 Å². The van der Waals surface area contributed by atoms with Gasteiger partial charge < -0.3 is 15.8 Å². The Balaban J connectivity index is 1.68. The molecule has 10 heteroatoms. The maximum absolute atomic E-state index is 12.1. The number of primary amides is 1. The summed E-state index contributed by atoms with van der Waals surface area (Å²) in [5.41, 5.74) is 7.00. The Kier molecular flexibility index (Phi) is 5.00. The van der Waals surface area contributed by atoms with Crippen LogP contribution in [0.3, 0.4) is 0 Å². The van der Waals surface area contributed by atoms with E-state index in [-0.39, 0.29) is 10.8 Å². The monoisotopic (exact) mass is 395 g/mol. The molecule has 3 rings (SSSR count). The molecule has 1 aromatic heterocycles. The molecule has 0 aliphatic rings. The largest absolute Gasteiger partial charge is 0.573 e. The summed E-state index contributed by atoms with van der Waals surface area (Å²) in [6, 6.07) is 10.7. The fourth-order valence-electron chi connectivity index (χ4n) is 2.25. The normalized spacial score (nSPS) is 11.4. The first-order valence-corrected chi connectivity index (χ1v) is 8.36. The van der Waals surface area contributed by atoms with Gasteiger partial charge in [0.2, 0.25) is 0 Å². The fourth-order valence-corrected chi connectivity index (χ4v) is 3.20. The van der Waals surface area contributed by atoms with Gasteiger partial charge in [-0.1, -0.05) is 12.1 Å².